The molecule has 5 heteroatoms. The summed E-state index contributed by atoms with van der Waals surface area (Å²) in [5, 5.41) is 3.05. The first-order valence-electron chi connectivity index (χ1n) is 6.25. The van der Waals surface area contributed by atoms with Crippen LogP contribution in [0.4, 0.5) is 0 Å². The Bertz CT molecular complexity index is 558. The summed E-state index contributed by atoms with van der Waals surface area (Å²) in [7, 11) is 0. The van der Waals surface area contributed by atoms with Gasteiger partial charge in [-0.3, -0.25) is 0 Å². The molecule has 2 aromatic rings. The Morgan fingerprint density at radius 3 is 3.00 bits per heavy atom. The first-order valence-corrected chi connectivity index (χ1v) is 7.67. The Balaban J connectivity index is 1.72. The van der Waals surface area contributed by atoms with Crippen molar-refractivity contribution in [2.75, 3.05) is 12.5 Å². The second-order valence-corrected chi connectivity index (χ2v) is 5.60. The lowest BCUT2D eigenvalue weighted by Crippen LogP contribution is -2.21. The van der Waals surface area contributed by atoms with Gasteiger partial charge in [0.25, 0.3) is 0 Å². The molecule has 0 saturated heterocycles. The molecule has 0 N–H and O–H groups in total. The molecule has 3 rings (SSSR count). The van der Waals surface area contributed by atoms with Gasteiger partial charge in [-0.2, -0.15) is 0 Å². The van der Waals surface area contributed by atoms with E-state index in [2.05, 4.69) is 10.4 Å². The van der Waals surface area contributed by atoms with Gasteiger partial charge in [0.1, 0.15) is 11.6 Å². The normalized spacial score (nSPS) is 17.4. The summed E-state index contributed by atoms with van der Waals surface area (Å²) >= 11 is 7.32. The molecule has 1 aromatic heterocycles. The molecule has 1 aromatic carbocycles. The van der Waals surface area contributed by atoms with E-state index >= 15 is 0 Å². The van der Waals surface area contributed by atoms with Crippen molar-refractivity contribution >= 4 is 22.9 Å². The lowest BCUT2D eigenvalue weighted by molar-refractivity contribution is 0.0910. The van der Waals surface area contributed by atoms with Crippen LogP contribution in [0.25, 0.3) is 0 Å². The number of benzene rings is 1. The standard InChI is InChI=1S/C14H14ClNO2S/c15-7-3-4-10-9-19-14(16-10)13-8-17-11-5-1-2-6-12(11)18-13/h1-2,5-6,9,13H,3-4,7-8H2. The van der Waals surface area contributed by atoms with Gasteiger partial charge in [0, 0.05) is 11.3 Å². The first kappa shape index (κ1) is 12.8. The number of aromatic nitrogens is 1. The molecule has 2 heterocycles. The highest BCUT2D eigenvalue weighted by Gasteiger charge is 2.24. The van der Waals surface area contributed by atoms with E-state index in [0.29, 0.717) is 12.5 Å². The number of fused-ring (bicyclic) bond motifs is 1. The number of rotatable bonds is 4. The van der Waals surface area contributed by atoms with Gasteiger partial charge in [0.15, 0.2) is 17.6 Å². The summed E-state index contributed by atoms with van der Waals surface area (Å²) in [5.74, 6) is 2.26. The van der Waals surface area contributed by atoms with Crippen molar-refractivity contribution in [2.24, 2.45) is 0 Å². The Morgan fingerprint density at radius 1 is 1.32 bits per heavy atom. The number of aryl methyl sites for hydroxylation is 1. The van der Waals surface area contributed by atoms with E-state index in [1.807, 2.05) is 24.3 Å². The molecule has 0 saturated carbocycles. The van der Waals surface area contributed by atoms with Crippen LogP contribution >= 0.6 is 22.9 Å². The Labute approximate surface area is 121 Å². The molecule has 1 atom stereocenters. The van der Waals surface area contributed by atoms with Gasteiger partial charge in [0.2, 0.25) is 0 Å². The topological polar surface area (TPSA) is 31.4 Å². The molecule has 3 nitrogen and oxygen atoms in total. The zero-order valence-corrected chi connectivity index (χ0v) is 11.9. The molecular formula is C14H14ClNO2S. The Kier molecular flexibility index (Phi) is 3.89. The van der Waals surface area contributed by atoms with E-state index in [9.17, 15) is 0 Å². The fourth-order valence-corrected chi connectivity index (χ4v) is 2.97. The van der Waals surface area contributed by atoms with Crippen molar-refractivity contribution < 1.29 is 9.47 Å². The van der Waals surface area contributed by atoms with Crippen LogP contribution in [0, 0.1) is 0 Å². The van der Waals surface area contributed by atoms with Crippen molar-refractivity contribution in [3.63, 3.8) is 0 Å². The van der Waals surface area contributed by atoms with Crippen molar-refractivity contribution in [1.29, 1.82) is 0 Å². The van der Waals surface area contributed by atoms with E-state index in [0.717, 1.165) is 35.0 Å². The molecule has 100 valence electrons. The van der Waals surface area contributed by atoms with Crippen molar-refractivity contribution in [1.82, 2.24) is 4.98 Å². The summed E-state index contributed by atoms with van der Waals surface area (Å²) in [6.07, 6.45) is 1.77. The second kappa shape index (κ2) is 5.80. The highest BCUT2D eigenvalue weighted by atomic mass is 35.5. The molecule has 0 aliphatic carbocycles. The molecule has 1 aliphatic heterocycles. The number of hydrogen-bond donors (Lipinski definition) is 0. The Hall–Kier alpha value is -1.26. The van der Waals surface area contributed by atoms with Crippen LogP contribution in [-0.2, 0) is 6.42 Å². The number of ether oxygens (including phenoxy) is 2. The van der Waals surface area contributed by atoms with Crippen LogP contribution < -0.4 is 9.47 Å². The van der Waals surface area contributed by atoms with Crippen LogP contribution in [0.15, 0.2) is 29.6 Å². The SMILES string of the molecule is ClCCCc1csc(C2COc3ccccc3O2)n1. The zero-order chi connectivity index (χ0) is 13.1. The van der Waals surface area contributed by atoms with E-state index in [1.54, 1.807) is 11.3 Å². The summed E-state index contributed by atoms with van der Waals surface area (Å²) < 4.78 is 11.6. The molecule has 1 aliphatic rings. The maximum Gasteiger partial charge on any atom is 0.184 e. The van der Waals surface area contributed by atoms with Gasteiger partial charge in [0.05, 0.1) is 5.69 Å². The fraction of sp³-hybridized carbons (Fsp3) is 0.357. The fourth-order valence-electron chi connectivity index (χ4n) is 1.97. The van der Waals surface area contributed by atoms with Crippen LogP contribution in [0.2, 0.25) is 0 Å². The minimum atomic E-state index is -0.107. The zero-order valence-electron chi connectivity index (χ0n) is 10.3. The van der Waals surface area contributed by atoms with Crippen LogP contribution in [-0.4, -0.2) is 17.5 Å². The number of alkyl halides is 1. The first-order chi connectivity index (χ1) is 9.36. The number of nitrogens with zero attached hydrogens (tertiary/aromatic N) is 1. The second-order valence-electron chi connectivity index (χ2n) is 4.33. The predicted molar refractivity (Wildman–Crippen MR) is 76.5 cm³/mol. The smallest absolute Gasteiger partial charge is 0.184 e. The monoisotopic (exact) mass is 295 g/mol. The predicted octanol–water partition coefficient (Wildman–Crippen LogP) is 3.83. The van der Waals surface area contributed by atoms with Crippen molar-refractivity contribution in [3.8, 4) is 11.5 Å². The molecule has 0 radical (unpaired) electrons. The third-order valence-electron chi connectivity index (χ3n) is 2.92. The van der Waals surface area contributed by atoms with E-state index in [4.69, 9.17) is 21.1 Å². The summed E-state index contributed by atoms with van der Waals surface area (Å²) in [6, 6.07) is 7.72. The maximum atomic E-state index is 5.93. The van der Waals surface area contributed by atoms with Gasteiger partial charge in [-0.15, -0.1) is 22.9 Å². The molecule has 0 amide bonds. The average Bonchev–Trinajstić information content (AvgIpc) is 2.93. The average molecular weight is 296 g/mol. The number of halogens is 1. The van der Waals surface area contributed by atoms with E-state index in [1.165, 1.54) is 0 Å². The summed E-state index contributed by atoms with van der Waals surface area (Å²) in [5.41, 5.74) is 1.09. The van der Waals surface area contributed by atoms with Gasteiger partial charge in [-0.25, -0.2) is 4.98 Å². The molecule has 0 fully saturated rings. The van der Waals surface area contributed by atoms with Gasteiger partial charge in [-0.1, -0.05) is 12.1 Å². The number of hydrogen-bond acceptors (Lipinski definition) is 4. The van der Waals surface area contributed by atoms with Gasteiger partial charge >= 0.3 is 0 Å². The van der Waals surface area contributed by atoms with Crippen LogP contribution in [0.3, 0.4) is 0 Å². The molecule has 1 unspecified atom stereocenters. The molecule has 0 bridgehead atoms. The molecular weight excluding hydrogens is 282 g/mol. The van der Waals surface area contributed by atoms with Crippen molar-refractivity contribution in [3.05, 3.63) is 40.3 Å². The van der Waals surface area contributed by atoms with E-state index < -0.39 is 0 Å². The van der Waals surface area contributed by atoms with Gasteiger partial charge in [-0.05, 0) is 25.0 Å². The maximum absolute atomic E-state index is 5.93. The summed E-state index contributed by atoms with van der Waals surface area (Å²) in [6.45, 7) is 0.513. The highest BCUT2D eigenvalue weighted by molar-refractivity contribution is 7.09. The van der Waals surface area contributed by atoms with Crippen LogP contribution in [0.5, 0.6) is 11.5 Å². The third-order valence-corrected chi connectivity index (χ3v) is 4.17. The lowest BCUT2D eigenvalue weighted by atomic mass is 10.2. The molecule has 19 heavy (non-hydrogen) atoms. The summed E-state index contributed by atoms with van der Waals surface area (Å²) in [4.78, 5) is 4.60. The minimum Gasteiger partial charge on any atom is -0.485 e. The molecule has 0 spiro atoms. The minimum absolute atomic E-state index is 0.107. The number of para-hydroxylation sites is 2. The highest BCUT2D eigenvalue weighted by Crippen LogP contribution is 2.36. The largest absolute Gasteiger partial charge is 0.485 e. The number of thiazole rings is 1. The third kappa shape index (κ3) is 2.85. The van der Waals surface area contributed by atoms with E-state index in [-0.39, 0.29) is 6.10 Å². The van der Waals surface area contributed by atoms with Crippen molar-refractivity contribution in [2.45, 2.75) is 18.9 Å². The van der Waals surface area contributed by atoms with Crippen LogP contribution in [0.1, 0.15) is 23.2 Å². The van der Waals surface area contributed by atoms with Gasteiger partial charge < -0.3 is 9.47 Å². The quantitative estimate of drug-likeness (QED) is 0.803. The Morgan fingerprint density at radius 2 is 2.16 bits per heavy atom. The lowest BCUT2D eigenvalue weighted by Gasteiger charge is -2.24.